The van der Waals surface area contributed by atoms with Crippen molar-refractivity contribution in [1.29, 1.82) is 0 Å². The van der Waals surface area contributed by atoms with Gasteiger partial charge in [0.25, 0.3) is 5.91 Å². The molecular formula is C28H26F4N6O3S. The number of benzene rings is 1. The molecule has 3 aromatic rings. The van der Waals surface area contributed by atoms with Crippen LogP contribution >= 0.6 is 11.8 Å². The Balaban J connectivity index is 1.40. The normalized spacial score (nSPS) is 18.4. The lowest BCUT2D eigenvalue weighted by atomic mass is 9.94. The lowest BCUT2D eigenvalue weighted by Crippen LogP contribution is -2.46. The Morgan fingerprint density at radius 2 is 1.95 bits per heavy atom. The first kappa shape index (κ1) is 28.1. The van der Waals surface area contributed by atoms with Gasteiger partial charge in [0, 0.05) is 56.0 Å². The fourth-order valence-electron chi connectivity index (χ4n) is 5.74. The number of aromatic hydroxyl groups is 1. The molecule has 2 aromatic heterocycles. The molecule has 42 heavy (non-hydrogen) atoms. The zero-order chi connectivity index (χ0) is 29.9. The molecule has 0 saturated heterocycles. The van der Waals surface area contributed by atoms with Crippen molar-refractivity contribution in [2.24, 2.45) is 0 Å². The maximum absolute atomic E-state index is 14.8. The summed E-state index contributed by atoms with van der Waals surface area (Å²) >= 11 is -0.755. The number of carbonyl (C=O) groups excluding carboxylic acids is 2. The summed E-state index contributed by atoms with van der Waals surface area (Å²) in [5.74, 6) is -1.98. The Bertz CT molecular complexity index is 1620. The second-order valence-electron chi connectivity index (χ2n) is 10.5. The van der Waals surface area contributed by atoms with Gasteiger partial charge in [0.15, 0.2) is 5.82 Å². The van der Waals surface area contributed by atoms with Crippen LogP contribution in [0, 0.1) is 5.82 Å². The predicted molar refractivity (Wildman–Crippen MR) is 146 cm³/mol. The van der Waals surface area contributed by atoms with E-state index in [0.29, 0.717) is 42.2 Å². The van der Waals surface area contributed by atoms with Gasteiger partial charge < -0.3 is 20.6 Å². The van der Waals surface area contributed by atoms with E-state index in [4.69, 9.17) is 10.8 Å². The molecule has 1 fully saturated rings. The molecule has 0 bridgehead atoms. The van der Waals surface area contributed by atoms with Gasteiger partial charge in [-0.15, -0.1) is 0 Å². The third-order valence-corrected chi connectivity index (χ3v) is 8.61. The van der Waals surface area contributed by atoms with E-state index in [1.54, 1.807) is 10.7 Å². The lowest BCUT2D eigenvalue weighted by molar-refractivity contribution is -0.126. The van der Waals surface area contributed by atoms with Crippen LogP contribution in [-0.4, -0.2) is 66.6 Å². The number of halogens is 4. The van der Waals surface area contributed by atoms with E-state index in [1.165, 1.54) is 15.9 Å². The fraction of sp³-hybridized carbons (Fsp3) is 0.357. The molecule has 0 radical (unpaired) electrons. The number of nitrogens with zero attached hydrogens (tertiary/aromatic N) is 5. The van der Waals surface area contributed by atoms with Gasteiger partial charge in [-0.1, -0.05) is 12.6 Å². The zero-order valence-electron chi connectivity index (χ0n) is 22.2. The molecular weight excluding hydrogens is 576 g/mol. The zero-order valence-corrected chi connectivity index (χ0v) is 23.0. The van der Waals surface area contributed by atoms with Crippen LogP contribution in [-0.2, 0) is 17.6 Å². The summed E-state index contributed by atoms with van der Waals surface area (Å²) in [6.07, 6.45) is 4.86. The van der Waals surface area contributed by atoms with E-state index in [-0.39, 0.29) is 30.3 Å². The summed E-state index contributed by atoms with van der Waals surface area (Å²) in [6, 6.07) is 4.81. The van der Waals surface area contributed by atoms with Crippen LogP contribution in [0.15, 0.2) is 42.1 Å². The largest absolute Gasteiger partial charge is 0.506 e. The molecule has 220 valence electrons. The topological polar surface area (TPSA) is 118 Å². The molecule has 1 unspecified atom stereocenters. The van der Waals surface area contributed by atoms with Crippen LogP contribution in [0.2, 0.25) is 0 Å². The van der Waals surface area contributed by atoms with E-state index in [2.05, 4.69) is 11.6 Å². The fourth-order valence-corrected chi connectivity index (χ4v) is 6.27. The number of alkyl halides is 3. The van der Waals surface area contributed by atoms with Crippen LogP contribution < -0.4 is 5.73 Å². The van der Waals surface area contributed by atoms with E-state index in [0.717, 1.165) is 30.3 Å². The summed E-state index contributed by atoms with van der Waals surface area (Å²) < 4.78 is 55.0. The second kappa shape index (κ2) is 10.3. The number of phenolic OH excluding ortho intramolecular Hbond substituents is 1. The van der Waals surface area contributed by atoms with E-state index in [9.17, 15) is 32.3 Å². The smallest absolute Gasteiger partial charge is 0.447 e. The first-order valence-corrected chi connectivity index (χ1v) is 14.1. The molecule has 4 heterocycles. The quantitative estimate of drug-likeness (QED) is 0.251. The van der Waals surface area contributed by atoms with Gasteiger partial charge in [-0.3, -0.25) is 9.59 Å². The van der Waals surface area contributed by atoms with Gasteiger partial charge in [-0.05, 0) is 42.5 Å². The third kappa shape index (κ3) is 4.97. The first-order valence-electron chi connectivity index (χ1n) is 13.3. The second-order valence-corrected chi connectivity index (χ2v) is 11.6. The first-order chi connectivity index (χ1) is 20.0. The van der Waals surface area contributed by atoms with E-state index < -0.39 is 45.7 Å². The molecule has 1 saturated carbocycles. The molecule has 14 heteroatoms. The highest BCUT2D eigenvalue weighted by Gasteiger charge is 2.41. The van der Waals surface area contributed by atoms with Gasteiger partial charge in [0.1, 0.15) is 16.5 Å². The number of anilines is 1. The summed E-state index contributed by atoms with van der Waals surface area (Å²) in [6.45, 7) is 4.04. The number of pyridine rings is 1. The SMILES string of the molecule is C=CC(=O)N1CCc2nn(-c3ccc(C4CC4)cc3O)c3c2C(C1)N(C(=O)c1cnc(SC(F)(F)F)c(F)c1N)CC3. The number of nitrogen functional groups attached to an aromatic ring is 1. The molecule has 1 atom stereocenters. The minimum atomic E-state index is -4.79. The number of hydrogen-bond acceptors (Lipinski definition) is 7. The van der Waals surface area contributed by atoms with Crippen LogP contribution in [0.25, 0.3) is 5.69 Å². The number of hydrogen-bond donors (Lipinski definition) is 2. The van der Waals surface area contributed by atoms with Crippen molar-refractivity contribution in [2.45, 2.75) is 48.2 Å². The van der Waals surface area contributed by atoms with Crippen LogP contribution in [0.5, 0.6) is 5.75 Å². The summed E-state index contributed by atoms with van der Waals surface area (Å²) in [5, 5.41) is 14.7. The molecule has 0 spiro atoms. The Morgan fingerprint density at radius 3 is 2.62 bits per heavy atom. The third-order valence-electron chi connectivity index (χ3n) is 7.90. The maximum atomic E-state index is 14.8. The number of nitrogens with two attached hydrogens (primary N) is 1. The number of rotatable bonds is 5. The van der Waals surface area contributed by atoms with Gasteiger partial charge >= 0.3 is 5.51 Å². The van der Waals surface area contributed by atoms with E-state index in [1.807, 2.05) is 12.1 Å². The molecule has 2 aliphatic heterocycles. The van der Waals surface area contributed by atoms with Gasteiger partial charge in [-0.2, -0.15) is 18.3 Å². The van der Waals surface area contributed by atoms with Gasteiger partial charge in [-0.25, -0.2) is 14.1 Å². The highest BCUT2D eigenvalue weighted by molar-refractivity contribution is 8.00. The van der Waals surface area contributed by atoms with Crippen LogP contribution in [0.1, 0.15) is 57.7 Å². The van der Waals surface area contributed by atoms with Crippen molar-refractivity contribution in [3.8, 4) is 11.4 Å². The Labute approximate surface area is 242 Å². The van der Waals surface area contributed by atoms with Crippen LogP contribution in [0.3, 0.4) is 0 Å². The molecule has 3 N–H and O–H groups in total. The number of aromatic nitrogens is 3. The Morgan fingerprint density at radius 1 is 1.19 bits per heavy atom. The monoisotopic (exact) mass is 602 g/mol. The average molecular weight is 603 g/mol. The number of carbonyl (C=O) groups is 2. The Kier molecular flexibility index (Phi) is 6.90. The predicted octanol–water partition coefficient (Wildman–Crippen LogP) is 4.49. The van der Waals surface area contributed by atoms with Crippen LogP contribution in [0.4, 0.5) is 23.2 Å². The average Bonchev–Trinajstić information content (AvgIpc) is 3.76. The lowest BCUT2D eigenvalue weighted by Gasteiger charge is -2.38. The molecule has 1 aromatic carbocycles. The van der Waals surface area contributed by atoms with Crippen molar-refractivity contribution in [1.82, 2.24) is 24.6 Å². The van der Waals surface area contributed by atoms with Crippen molar-refractivity contribution in [2.75, 3.05) is 25.4 Å². The number of phenols is 1. The number of thioether (sulfide) groups is 1. The minimum Gasteiger partial charge on any atom is -0.506 e. The minimum absolute atomic E-state index is 0.0761. The molecule has 9 nitrogen and oxygen atoms in total. The van der Waals surface area contributed by atoms with Crippen molar-refractivity contribution in [3.63, 3.8) is 0 Å². The van der Waals surface area contributed by atoms with E-state index >= 15 is 0 Å². The van der Waals surface area contributed by atoms with Gasteiger partial charge in [0.05, 0.1) is 28.7 Å². The molecule has 3 aliphatic rings. The summed E-state index contributed by atoms with van der Waals surface area (Å²) in [7, 11) is 0. The Hall–Kier alpha value is -4.07. The number of amides is 2. The van der Waals surface area contributed by atoms with Crippen molar-refractivity contribution in [3.05, 3.63) is 70.9 Å². The molecule has 6 rings (SSSR count). The highest BCUT2D eigenvalue weighted by atomic mass is 32.2. The van der Waals surface area contributed by atoms with Crippen molar-refractivity contribution >= 4 is 29.3 Å². The highest BCUT2D eigenvalue weighted by Crippen LogP contribution is 2.44. The maximum Gasteiger partial charge on any atom is 0.447 e. The van der Waals surface area contributed by atoms with Crippen molar-refractivity contribution < 1.29 is 32.3 Å². The summed E-state index contributed by atoms with van der Waals surface area (Å²) in [4.78, 5) is 32.9. The molecule has 1 aliphatic carbocycles. The standard InChI is InChI=1S/C28H26F4N6O3S/c1-2-22(40)36-9-7-17-23-19(38(35-17)18-6-5-15(11-21(18)39)14-3-4-14)8-10-37(20(23)13-36)27(41)16-12-34-26(24(29)25(16)33)42-28(30,31)32/h2,5-6,11-12,14,20,39H,1,3-4,7-10,13H2,(H2,33,34). The molecule has 2 amide bonds. The van der Waals surface area contributed by atoms with Gasteiger partial charge in [0.2, 0.25) is 5.91 Å². The summed E-state index contributed by atoms with van der Waals surface area (Å²) in [5.41, 5.74) is 3.57.